The Hall–Kier alpha value is -1.98. The van der Waals surface area contributed by atoms with Crippen molar-refractivity contribution in [3.8, 4) is 0 Å². The van der Waals surface area contributed by atoms with Crippen molar-refractivity contribution in [2.45, 2.75) is 66.8 Å². The quantitative estimate of drug-likeness (QED) is 0.646. The predicted octanol–water partition coefficient (Wildman–Crippen LogP) is 2.69. The summed E-state index contributed by atoms with van der Waals surface area (Å²) in [7, 11) is -3.46. The summed E-state index contributed by atoms with van der Waals surface area (Å²) in [6.07, 6.45) is 6.26. The number of aromatic nitrogens is 4. The van der Waals surface area contributed by atoms with E-state index in [9.17, 15) is 13.2 Å². The lowest BCUT2D eigenvalue weighted by Crippen LogP contribution is -2.28. The van der Waals surface area contributed by atoms with Crippen molar-refractivity contribution in [3.63, 3.8) is 0 Å². The summed E-state index contributed by atoms with van der Waals surface area (Å²) in [6.45, 7) is 2.94. The molecule has 0 unspecified atom stereocenters. The zero-order valence-corrected chi connectivity index (χ0v) is 18.5. The lowest BCUT2D eigenvalue weighted by molar-refractivity contribution is -0.115. The van der Waals surface area contributed by atoms with E-state index in [1.165, 1.54) is 28.9 Å². The van der Waals surface area contributed by atoms with E-state index in [4.69, 9.17) is 0 Å². The molecule has 2 fully saturated rings. The molecule has 0 bridgehead atoms. The third kappa shape index (κ3) is 4.52. The van der Waals surface area contributed by atoms with E-state index < -0.39 is 15.3 Å². The third-order valence-electron chi connectivity index (χ3n) is 5.61. The number of carbonyl (C=O) groups is 1. The minimum atomic E-state index is -3.46. The SMILES string of the molecule is C[C@@H](Sc1nnnn1C1CCCC1)C(=O)Nc1ccc(S(=O)(=O)N2CCCC2)cc1. The molecule has 1 saturated carbocycles. The number of amides is 1. The molecule has 2 aliphatic rings. The predicted molar refractivity (Wildman–Crippen MR) is 114 cm³/mol. The molecule has 30 heavy (non-hydrogen) atoms. The summed E-state index contributed by atoms with van der Waals surface area (Å²) >= 11 is 1.33. The van der Waals surface area contributed by atoms with Crippen molar-refractivity contribution in [1.82, 2.24) is 24.5 Å². The first-order valence-corrected chi connectivity index (χ1v) is 12.6. The second-order valence-electron chi connectivity index (χ2n) is 7.73. The molecule has 162 valence electrons. The first-order valence-electron chi connectivity index (χ1n) is 10.3. The first kappa shape index (κ1) is 21.3. The lowest BCUT2D eigenvalue weighted by atomic mass is 10.3. The van der Waals surface area contributed by atoms with Gasteiger partial charge in [-0.25, -0.2) is 13.1 Å². The highest BCUT2D eigenvalue weighted by Crippen LogP contribution is 2.32. The first-order chi connectivity index (χ1) is 14.4. The average molecular weight is 451 g/mol. The second-order valence-corrected chi connectivity index (χ2v) is 11.0. The minimum absolute atomic E-state index is 0.184. The van der Waals surface area contributed by atoms with Gasteiger partial charge in [0.05, 0.1) is 16.2 Å². The smallest absolute Gasteiger partial charge is 0.243 e. The van der Waals surface area contributed by atoms with Crippen LogP contribution in [0.4, 0.5) is 5.69 Å². The maximum Gasteiger partial charge on any atom is 0.243 e. The van der Waals surface area contributed by atoms with Gasteiger partial charge in [0.25, 0.3) is 0 Å². The Balaban J connectivity index is 1.37. The van der Waals surface area contributed by atoms with Gasteiger partial charge in [-0.15, -0.1) is 5.10 Å². The third-order valence-corrected chi connectivity index (χ3v) is 8.57. The van der Waals surface area contributed by atoms with E-state index in [0.717, 1.165) is 25.7 Å². The fraction of sp³-hybridized carbons (Fsp3) is 0.579. The van der Waals surface area contributed by atoms with Crippen LogP contribution in [0.25, 0.3) is 0 Å². The van der Waals surface area contributed by atoms with E-state index in [1.807, 2.05) is 4.68 Å². The molecular weight excluding hydrogens is 424 g/mol. The summed E-state index contributed by atoms with van der Waals surface area (Å²) in [5, 5.41) is 15.1. The van der Waals surface area contributed by atoms with E-state index >= 15 is 0 Å². The molecule has 1 atom stereocenters. The van der Waals surface area contributed by atoms with Gasteiger partial charge in [0.15, 0.2) is 0 Å². The van der Waals surface area contributed by atoms with E-state index in [-0.39, 0.29) is 10.8 Å². The monoisotopic (exact) mass is 450 g/mol. The second kappa shape index (κ2) is 9.03. The fourth-order valence-electron chi connectivity index (χ4n) is 3.88. The van der Waals surface area contributed by atoms with Crippen molar-refractivity contribution in [1.29, 1.82) is 0 Å². The standard InChI is InChI=1S/C19H26N6O3S2/c1-14(29-19-21-22-23-25(19)16-6-2-3-7-16)18(26)20-15-8-10-17(11-9-15)30(27,28)24-12-4-5-13-24/h8-11,14,16H,2-7,12-13H2,1H3,(H,20,26)/t14-/m1/s1. The molecule has 1 saturated heterocycles. The Morgan fingerprint density at radius 2 is 1.80 bits per heavy atom. The normalized spacial score (nSPS) is 19.2. The van der Waals surface area contributed by atoms with Crippen LogP contribution in [0.15, 0.2) is 34.3 Å². The number of benzene rings is 1. The number of sulfonamides is 1. The highest BCUT2D eigenvalue weighted by atomic mass is 32.2. The molecule has 0 radical (unpaired) electrons. The molecule has 11 heteroatoms. The largest absolute Gasteiger partial charge is 0.325 e. The van der Waals surface area contributed by atoms with Gasteiger partial charge in [0, 0.05) is 18.8 Å². The van der Waals surface area contributed by atoms with Crippen LogP contribution < -0.4 is 5.32 Å². The Kier molecular flexibility index (Phi) is 6.40. The van der Waals surface area contributed by atoms with Crippen LogP contribution in [0.5, 0.6) is 0 Å². The van der Waals surface area contributed by atoms with Gasteiger partial charge < -0.3 is 5.32 Å². The minimum Gasteiger partial charge on any atom is -0.325 e. The van der Waals surface area contributed by atoms with Crippen molar-refractivity contribution < 1.29 is 13.2 Å². The van der Waals surface area contributed by atoms with E-state index in [1.54, 1.807) is 31.2 Å². The van der Waals surface area contributed by atoms with Gasteiger partial charge in [-0.3, -0.25) is 4.79 Å². The van der Waals surface area contributed by atoms with Crippen molar-refractivity contribution in [2.75, 3.05) is 18.4 Å². The lowest BCUT2D eigenvalue weighted by Gasteiger charge is -2.16. The van der Waals surface area contributed by atoms with E-state index in [0.29, 0.717) is 30.0 Å². The number of carbonyl (C=O) groups excluding carboxylic acids is 1. The van der Waals surface area contributed by atoms with Crippen LogP contribution in [0.1, 0.15) is 51.5 Å². The van der Waals surface area contributed by atoms with Gasteiger partial charge >= 0.3 is 0 Å². The van der Waals surface area contributed by atoms with Gasteiger partial charge in [0.1, 0.15) is 0 Å². The Bertz CT molecular complexity index is 980. The summed E-state index contributed by atoms with van der Waals surface area (Å²) in [4.78, 5) is 12.9. The summed E-state index contributed by atoms with van der Waals surface area (Å²) < 4.78 is 28.6. The number of thioether (sulfide) groups is 1. The van der Waals surface area contributed by atoms with Crippen molar-refractivity contribution >= 4 is 33.4 Å². The van der Waals surface area contributed by atoms with Crippen molar-refractivity contribution in [3.05, 3.63) is 24.3 Å². The molecular formula is C19H26N6O3S2. The molecule has 1 aromatic heterocycles. The Morgan fingerprint density at radius 1 is 1.13 bits per heavy atom. The van der Waals surface area contributed by atoms with Crippen LogP contribution in [-0.2, 0) is 14.8 Å². The number of tetrazole rings is 1. The molecule has 1 aromatic carbocycles. The molecule has 1 aliphatic heterocycles. The topological polar surface area (TPSA) is 110 Å². The van der Waals surface area contributed by atoms with Gasteiger partial charge in [-0.1, -0.05) is 24.6 Å². The average Bonchev–Trinajstić information content (AvgIpc) is 3.49. The molecule has 0 spiro atoms. The maximum absolute atomic E-state index is 12.6. The Morgan fingerprint density at radius 3 is 2.47 bits per heavy atom. The summed E-state index contributed by atoms with van der Waals surface area (Å²) in [5.41, 5.74) is 0.559. The molecule has 9 nitrogen and oxygen atoms in total. The highest BCUT2D eigenvalue weighted by Gasteiger charge is 2.27. The number of hydrogen-bond acceptors (Lipinski definition) is 7. The van der Waals surface area contributed by atoms with Crippen LogP contribution in [0.2, 0.25) is 0 Å². The number of nitrogens with zero attached hydrogens (tertiary/aromatic N) is 5. The number of nitrogens with one attached hydrogen (secondary N) is 1. The molecule has 2 aromatic rings. The van der Waals surface area contributed by atoms with Gasteiger partial charge in [0.2, 0.25) is 21.1 Å². The number of anilines is 1. The van der Waals surface area contributed by atoms with E-state index in [2.05, 4.69) is 20.8 Å². The number of hydrogen-bond donors (Lipinski definition) is 1. The van der Waals surface area contributed by atoms with Crippen LogP contribution in [0, 0.1) is 0 Å². The summed E-state index contributed by atoms with van der Waals surface area (Å²) in [5.74, 6) is -0.184. The number of rotatable bonds is 7. The molecule has 1 N–H and O–H groups in total. The van der Waals surface area contributed by atoms with Crippen LogP contribution in [0.3, 0.4) is 0 Å². The molecule has 1 amide bonds. The maximum atomic E-state index is 12.6. The highest BCUT2D eigenvalue weighted by molar-refractivity contribution is 8.00. The zero-order chi connectivity index (χ0) is 21.1. The van der Waals surface area contributed by atoms with Gasteiger partial charge in [-0.2, -0.15) is 4.31 Å². The van der Waals surface area contributed by atoms with Gasteiger partial charge in [-0.05, 0) is 67.3 Å². The van der Waals surface area contributed by atoms with Crippen LogP contribution >= 0.6 is 11.8 Å². The van der Waals surface area contributed by atoms with Crippen molar-refractivity contribution in [2.24, 2.45) is 0 Å². The summed E-state index contributed by atoms with van der Waals surface area (Å²) in [6, 6.07) is 6.65. The zero-order valence-electron chi connectivity index (χ0n) is 16.9. The fourth-order valence-corrected chi connectivity index (χ4v) is 6.26. The Labute approximate surface area is 180 Å². The molecule has 4 rings (SSSR count). The molecule has 2 heterocycles. The molecule has 1 aliphatic carbocycles. The van der Waals surface area contributed by atoms with Crippen LogP contribution in [-0.4, -0.2) is 57.2 Å².